The molecule has 0 N–H and O–H groups in total. The zero-order valence-corrected chi connectivity index (χ0v) is 17.2. The fourth-order valence-electron chi connectivity index (χ4n) is 7.77. The third kappa shape index (κ3) is 2.68. The minimum Gasteiger partial charge on any atom is -0.330 e. The normalized spacial score (nSPS) is 36.5. The lowest BCUT2D eigenvalue weighted by molar-refractivity contribution is -0.160. The van der Waals surface area contributed by atoms with E-state index in [2.05, 4.69) is 0 Å². The van der Waals surface area contributed by atoms with Crippen molar-refractivity contribution in [3.05, 3.63) is 29.3 Å². The van der Waals surface area contributed by atoms with Gasteiger partial charge >= 0.3 is 0 Å². The van der Waals surface area contributed by atoms with Crippen molar-refractivity contribution in [3.63, 3.8) is 0 Å². The van der Waals surface area contributed by atoms with Gasteiger partial charge in [-0.05, 0) is 81.6 Å². The minimum absolute atomic E-state index is 0.172. The molecule has 6 aliphatic rings. The van der Waals surface area contributed by atoms with Crippen LogP contribution in [0.4, 0.5) is 14.5 Å². The van der Waals surface area contributed by atoms with Gasteiger partial charge < -0.3 is 9.80 Å². The standard InChI is InChI=1S/C24H28F2N2O2/c25-17-9-19(26)18-3-5-27(21(18)10-17)22(29)20-2-1-4-28(20)23(30)24-11-14-6-15(12-24)8-16(7-14)13-24/h9-10,14-16,20H,1-8,11-13H2. The maximum absolute atomic E-state index is 14.2. The molecule has 4 nitrogen and oxygen atoms in total. The highest BCUT2D eigenvalue weighted by molar-refractivity contribution is 6.01. The van der Waals surface area contributed by atoms with Crippen LogP contribution in [0.15, 0.2) is 12.1 Å². The first-order valence-electron chi connectivity index (χ1n) is 11.5. The largest absolute Gasteiger partial charge is 0.330 e. The van der Waals surface area contributed by atoms with Gasteiger partial charge in [-0.25, -0.2) is 8.78 Å². The predicted octanol–water partition coefficient (Wildman–Crippen LogP) is 4.06. The summed E-state index contributed by atoms with van der Waals surface area (Å²) in [7, 11) is 0. The van der Waals surface area contributed by atoms with Crippen LogP contribution < -0.4 is 4.90 Å². The lowest BCUT2D eigenvalue weighted by Gasteiger charge is -2.56. The second kappa shape index (κ2) is 6.51. The van der Waals surface area contributed by atoms with E-state index >= 15 is 0 Å². The quantitative estimate of drug-likeness (QED) is 0.732. The Labute approximate surface area is 175 Å². The van der Waals surface area contributed by atoms with E-state index in [0.717, 1.165) is 31.7 Å². The monoisotopic (exact) mass is 414 g/mol. The number of hydrogen-bond donors (Lipinski definition) is 0. The van der Waals surface area contributed by atoms with Crippen molar-refractivity contribution in [2.24, 2.45) is 23.2 Å². The molecule has 30 heavy (non-hydrogen) atoms. The molecule has 160 valence electrons. The third-order valence-corrected chi connectivity index (χ3v) is 8.57. The van der Waals surface area contributed by atoms with Crippen molar-refractivity contribution in [3.8, 4) is 0 Å². The molecule has 5 fully saturated rings. The van der Waals surface area contributed by atoms with Gasteiger partial charge in [0.05, 0.1) is 11.1 Å². The summed E-state index contributed by atoms with van der Waals surface area (Å²) in [5.74, 6) is 0.777. The Morgan fingerprint density at radius 3 is 2.30 bits per heavy atom. The van der Waals surface area contributed by atoms with Gasteiger partial charge in [0.25, 0.3) is 0 Å². The Hall–Kier alpha value is -1.98. The minimum atomic E-state index is -0.668. The van der Waals surface area contributed by atoms with Gasteiger partial charge in [0.15, 0.2) is 0 Å². The second-order valence-corrected chi connectivity index (χ2v) is 10.5. The summed E-state index contributed by atoms with van der Waals surface area (Å²) in [6, 6.07) is 1.64. The Kier molecular flexibility index (Phi) is 4.07. The predicted molar refractivity (Wildman–Crippen MR) is 108 cm³/mol. The van der Waals surface area contributed by atoms with Gasteiger partial charge in [-0.2, -0.15) is 0 Å². The van der Waals surface area contributed by atoms with Crippen LogP contribution in [0.5, 0.6) is 0 Å². The van der Waals surface area contributed by atoms with E-state index in [1.54, 1.807) is 0 Å². The Bertz CT molecular complexity index is 895. The molecule has 0 aromatic heterocycles. The fourth-order valence-corrected chi connectivity index (χ4v) is 7.77. The summed E-state index contributed by atoms with van der Waals surface area (Å²) >= 11 is 0. The number of carbonyl (C=O) groups is 2. The zero-order valence-electron chi connectivity index (χ0n) is 17.2. The molecule has 7 rings (SSSR count). The molecule has 6 heteroatoms. The molecule has 4 bridgehead atoms. The van der Waals surface area contributed by atoms with E-state index in [1.807, 2.05) is 4.90 Å². The van der Waals surface area contributed by atoms with Gasteiger partial charge in [0, 0.05) is 24.7 Å². The molecule has 1 unspecified atom stereocenters. The van der Waals surface area contributed by atoms with Crippen molar-refractivity contribution in [2.45, 2.75) is 63.8 Å². The molecule has 0 spiro atoms. The van der Waals surface area contributed by atoms with Crippen LogP contribution >= 0.6 is 0 Å². The topological polar surface area (TPSA) is 40.6 Å². The molecule has 1 saturated heterocycles. The van der Waals surface area contributed by atoms with Crippen LogP contribution in [0.3, 0.4) is 0 Å². The van der Waals surface area contributed by atoms with Gasteiger partial charge in [0.2, 0.25) is 11.8 Å². The van der Waals surface area contributed by atoms with E-state index in [0.29, 0.717) is 54.9 Å². The lowest BCUT2D eigenvalue weighted by atomic mass is 9.49. The summed E-state index contributed by atoms with van der Waals surface area (Å²) in [5, 5.41) is 0. The maximum atomic E-state index is 14.2. The third-order valence-electron chi connectivity index (χ3n) is 8.57. The Morgan fingerprint density at radius 1 is 0.967 bits per heavy atom. The first-order valence-corrected chi connectivity index (χ1v) is 11.5. The number of rotatable bonds is 2. The highest BCUT2D eigenvalue weighted by atomic mass is 19.1. The highest BCUT2D eigenvalue weighted by Crippen LogP contribution is 2.60. The summed E-state index contributed by atoms with van der Waals surface area (Å²) in [5.41, 5.74) is 0.479. The average Bonchev–Trinajstić information content (AvgIpc) is 3.33. The smallest absolute Gasteiger partial charge is 0.249 e. The van der Waals surface area contributed by atoms with Gasteiger partial charge in [0.1, 0.15) is 17.7 Å². The SMILES string of the molecule is O=C(C1CCCN1C(=O)C12CC3CC(CC(C3)C1)C2)N1CCc2c(F)cc(F)cc21. The Morgan fingerprint density at radius 2 is 1.63 bits per heavy atom. The molecule has 2 aliphatic heterocycles. The molecule has 1 aromatic rings. The average molecular weight is 414 g/mol. The van der Waals surface area contributed by atoms with Crippen molar-refractivity contribution < 1.29 is 18.4 Å². The summed E-state index contributed by atoms with van der Waals surface area (Å²) < 4.78 is 28.0. The summed E-state index contributed by atoms with van der Waals surface area (Å²) in [6.45, 7) is 0.972. The number of benzene rings is 1. The zero-order chi connectivity index (χ0) is 20.6. The molecule has 4 aliphatic carbocycles. The summed E-state index contributed by atoms with van der Waals surface area (Å²) in [4.78, 5) is 30.6. The fraction of sp³-hybridized carbons (Fsp3) is 0.667. The van der Waals surface area contributed by atoms with Gasteiger partial charge in [-0.3, -0.25) is 9.59 Å². The van der Waals surface area contributed by atoms with Gasteiger partial charge in [-0.1, -0.05) is 0 Å². The molecular weight excluding hydrogens is 386 g/mol. The van der Waals surface area contributed by atoms with Crippen LogP contribution in [-0.4, -0.2) is 35.8 Å². The highest BCUT2D eigenvalue weighted by Gasteiger charge is 2.57. The number of hydrogen-bond acceptors (Lipinski definition) is 2. The molecule has 1 atom stereocenters. The van der Waals surface area contributed by atoms with Crippen LogP contribution in [0, 0.1) is 34.8 Å². The van der Waals surface area contributed by atoms with Crippen molar-refractivity contribution in [2.75, 3.05) is 18.0 Å². The number of anilines is 1. The number of amides is 2. The van der Waals surface area contributed by atoms with Crippen LogP contribution in [0.25, 0.3) is 0 Å². The van der Waals surface area contributed by atoms with E-state index in [-0.39, 0.29) is 17.2 Å². The maximum Gasteiger partial charge on any atom is 0.249 e. The number of nitrogens with zero attached hydrogens (tertiary/aromatic N) is 2. The molecule has 2 amide bonds. The summed E-state index contributed by atoms with van der Waals surface area (Å²) in [6.07, 6.45) is 8.62. The van der Waals surface area contributed by atoms with Gasteiger partial charge in [-0.15, -0.1) is 0 Å². The first kappa shape index (κ1) is 18.8. The van der Waals surface area contributed by atoms with E-state index in [4.69, 9.17) is 0 Å². The van der Waals surface area contributed by atoms with E-state index < -0.39 is 17.7 Å². The van der Waals surface area contributed by atoms with Crippen LogP contribution in [0.2, 0.25) is 0 Å². The van der Waals surface area contributed by atoms with E-state index in [9.17, 15) is 18.4 Å². The first-order chi connectivity index (χ1) is 14.4. The van der Waals surface area contributed by atoms with Crippen molar-refractivity contribution in [1.82, 2.24) is 4.90 Å². The number of likely N-dealkylation sites (tertiary alicyclic amines) is 1. The second-order valence-electron chi connectivity index (χ2n) is 10.5. The van der Waals surface area contributed by atoms with Crippen molar-refractivity contribution in [1.29, 1.82) is 0 Å². The number of fused-ring (bicyclic) bond motifs is 1. The molecule has 0 radical (unpaired) electrons. The number of halogens is 2. The molecular formula is C24H28F2N2O2. The molecule has 1 aromatic carbocycles. The van der Waals surface area contributed by atoms with Crippen molar-refractivity contribution >= 4 is 17.5 Å². The Balaban J connectivity index is 1.27. The van der Waals surface area contributed by atoms with Crippen LogP contribution in [0.1, 0.15) is 56.9 Å². The lowest BCUT2D eigenvalue weighted by Crippen LogP contribution is -2.57. The molecule has 4 saturated carbocycles. The van der Waals surface area contributed by atoms with Crippen LogP contribution in [-0.2, 0) is 16.0 Å². The number of carbonyl (C=O) groups excluding carboxylic acids is 2. The van der Waals surface area contributed by atoms with E-state index in [1.165, 1.54) is 30.2 Å². The molecule has 2 heterocycles.